The number of nitrogens with one attached hydrogen (secondary N) is 1. The zero-order chi connectivity index (χ0) is 13.9. The molecule has 1 aromatic carbocycles. The molecular weight excluding hydrogens is 248 g/mol. The molecule has 1 atom stereocenters. The van der Waals surface area contributed by atoms with Gasteiger partial charge in [-0.25, -0.2) is 0 Å². The molecular formula is C16H22N4. The van der Waals surface area contributed by atoms with E-state index in [1.54, 1.807) is 0 Å². The van der Waals surface area contributed by atoms with E-state index in [2.05, 4.69) is 22.1 Å². The molecule has 3 N–H and O–H groups in total. The number of hydrogen-bond donors (Lipinski definition) is 2. The van der Waals surface area contributed by atoms with Gasteiger partial charge in [-0.05, 0) is 50.2 Å². The quantitative estimate of drug-likeness (QED) is 0.839. The Morgan fingerprint density at radius 1 is 1.40 bits per heavy atom. The van der Waals surface area contributed by atoms with Crippen molar-refractivity contribution in [3.05, 3.63) is 30.5 Å². The Hall–Kier alpha value is -1.81. The molecule has 1 aliphatic rings. The van der Waals surface area contributed by atoms with Crippen LogP contribution in [-0.4, -0.2) is 35.6 Å². The van der Waals surface area contributed by atoms with Crippen LogP contribution in [0.2, 0.25) is 0 Å². The lowest BCUT2D eigenvalue weighted by molar-refractivity contribution is 0.277. The summed E-state index contributed by atoms with van der Waals surface area (Å²) in [6.45, 7) is 5.57. The highest BCUT2D eigenvalue weighted by atomic mass is 15.2. The Kier molecular flexibility index (Phi) is 3.74. The van der Waals surface area contributed by atoms with Gasteiger partial charge in [-0.1, -0.05) is 6.92 Å². The number of nitrogen functional groups attached to an aromatic ring is 1. The number of likely N-dealkylation sites (tertiary alicyclic amines) is 1. The highest BCUT2D eigenvalue weighted by molar-refractivity contribution is 5.98. The molecule has 4 heteroatoms. The molecule has 2 aromatic rings. The van der Waals surface area contributed by atoms with E-state index in [-0.39, 0.29) is 0 Å². The molecule has 2 heterocycles. The summed E-state index contributed by atoms with van der Waals surface area (Å²) in [7, 11) is 0. The molecule has 0 bridgehead atoms. The molecule has 0 saturated carbocycles. The van der Waals surface area contributed by atoms with Gasteiger partial charge in [0.2, 0.25) is 0 Å². The van der Waals surface area contributed by atoms with Crippen molar-refractivity contribution < 1.29 is 0 Å². The first-order valence-electron chi connectivity index (χ1n) is 7.40. The predicted octanol–water partition coefficient (Wildman–Crippen LogP) is 2.71. The van der Waals surface area contributed by atoms with Gasteiger partial charge in [0.1, 0.15) is 0 Å². The minimum absolute atomic E-state index is 0.635. The third-order valence-electron chi connectivity index (χ3n) is 4.24. The summed E-state index contributed by atoms with van der Waals surface area (Å²) in [5.41, 5.74) is 8.85. The first kappa shape index (κ1) is 13.2. The summed E-state index contributed by atoms with van der Waals surface area (Å²) >= 11 is 0. The maximum atomic E-state index is 6.01. The van der Waals surface area contributed by atoms with Gasteiger partial charge >= 0.3 is 0 Å². The van der Waals surface area contributed by atoms with E-state index >= 15 is 0 Å². The summed E-state index contributed by atoms with van der Waals surface area (Å²) in [6.07, 6.45) is 4.41. The summed E-state index contributed by atoms with van der Waals surface area (Å²) < 4.78 is 0. The summed E-state index contributed by atoms with van der Waals surface area (Å²) in [5.74, 6) is 0. The monoisotopic (exact) mass is 270 g/mol. The van der Waals surface area contributed by atoms with E-state index < -0.39 is 0 Å². The standard InChI is InChI=1S/C16H22N4/c1-2-20-10-4-5-12(20)11-19-15-8-7-14(17)13-6-3-9-18-16(13)15/h3,6-9,12,19H,2,4-5,10-11,17H2,1H3. The first-order chi connectivity index (χ1) is 9.79. The number of anilines is 2. The zero-order valence-corrected chi connectivity index (χ0v) is 12.0. The highest BCUT2D eigenvalue weighted by Gasteiger charge is 2.22. The minimum atomic E-state index is 0.635. The van der Waals surface area contributed by atoms with Crippen molar-refractivity contribution in [2.45, 2.75) is 25.8 Å². The van der Waals surface area contributed by atoms with Gasteiger partial charge in [0.25, 0.3) is 0 Å². The van der Waals surface area contributed by atoms with Crippen LogP contribution in [0.25, 0.3) is 10.9 Å². The molecule has 1 saturated heterocycles. The van der Waals surface area contributed by atoms with Crippen molar-refractivity contribution in [3.63, 3.8) is 0 Å². The van der Waals surface area contributed by atoms with Crippen molar-refractivity contribution in [1.82, 2.24) is 9.88 Å². The number of nitrogens with two attached hydrogens (primary N) is 1. The van der Waals surface area contributed by atoms with Gasteiger partial charge in [0.15, 0.2) is 0 Å². The van der Waals surface area contributed by atoms with Crippen LogP contribution in [0, 0.1) is 0 Å². The molecule has 1 aliphatic heterocycles. The minimum Gasteiger partial charge on any atom is -0.398 e. The Balaban J connectivity index is 1.79. The molecule has 106 valence electrons. The van der Waals surface area contributed by atoms with Crippen LogP contribution < -0.4 is 11.1 Å². The smallest absolute Gasteiger partial charge is 0.0953 e. The second-order valence-corrected chi connectivity index (χ2v) is 5.41. The lowest BCUT2D eigenvalue weighted by Crippen LogP contribution is -2.34. The van der Waals surface area contributed by atoms with Crippen molar-refractivity contribution in [1.29, 1.82) is 0 Å². The van der Waals surface area contributed by atoms with Gasteiger partial charge in [-0.3, -0.25) is 9.88 Å². The van der Waals surface area contributed by atoms with E-state index in [1.165, 1.54) is 19.4 Å². The molecule has 1 unspecified atom stereocenters. The van der Waals surface area contributed by atoms with Gasteiger partial charge < -0.3 is 11.1 Å². The fourth-order valence-electron chi connectivity index (χ4n) is 3.11. The largest absolute Gasteiger partial charge is 0.398 e. The molecule has 0 spiro atoms. The fourth-order valence-corrected chi connectivity index (χ4v) is 3.11. The highest BCUT2D eigenvalue weighted by Crippen LogP contribution is 2.27. The van der Waals surface area contributed by atoms with Gasteiger partial charge in [-0.2, -0.15) is 0 Å². The van der Waals surface area contributed by atoms with Crippen molar-refractivity contribution in [2.75, 3.05) is 30.7 Å². The number of rotatable bonds is 4. The molecule has 1 aromatic heterocycles. The summed E-state index contributed by atoms with van der Waals surface area (Å²) in [6, 6.07) is 8.58. The van der Waals surface area contributed by atoms with E-state index in [0.717, 1.165) is 35.4 Å². The third-order valence-corrected chi connectivity index (χ3v) is 4.24. The van der Waals surface area contributed by atoms with Crippen LogP contribution in [0.15, 0.2) is 30.5 Å². The lowest BCUT2D eigenvalue weighted by Gasteiger charge is -2.23. The van der Waals surface area contributed by atoms with Crippen LogP contribution in [0.4, 0.5) is 11.4 Å². The lowest BCUT2D eigenvalue weighted by atomic mass is 10.1. The fraction of sp³-hybridized carbons (Fsp3) is 0.438. The van der Waals surface area contributed by atoms with Crippen LogP contribution >= 0.6 is 0 Å². The number of aromatic nitrogens is 1. The van der Waals surface area contributed by atoms with E-state index in [0.29, 0.717) is 6.04 Å². The first-order valence-corrected chi connectivity index (χ1v) is 7.40. The second-order valence-electron chi connectivity index (χ2n) is 5.41. The topological polar surface area (TPSA) is 54.2 Å². The zero-order valence-electron chi connectivity index (χ0n) is 12.0. The number of hydrogen-bond acceptors (Lipinski definition) is 4. The van der Waals surface area contributed by atoms with Gasteiger partial charge in [0, 0.05) is 29.9 Å². The number of nitrogens with zero attached hydrogens (tertiary/aromatic N) is 2. The van der Waals surface area contributed by atoms with Crippen molar-refractivity contribution in [2.24, 2.45) is 0 Å². The third kappa shape index (κ3) is 2.43. The number of pyridine rings is 1. The SMILES string of the molecule is CCN1CCCC1CNc1ccc(N)c2cccnc12. The average molecular weight is 270 g/mol. The summed E-state index contributed by atoms with van der Waals surface area (Å²) in [4.78, 5) is 7.01. The second kappa shape index (κ2) is 5.67. The molecule has 1 fully saturated rings. The number of fused-ring (bicyclic) bond motifs is 1. The van der Waals surface area contributed by atoms with Crippen molar-refractivity contribution in [3.8, 4) is 0 Å². The van der Waals surface area contributed by atoms with Gasteiger partial charge in [0.05, 0.1) is 11.2 Å². The number of benzene rings is 1. The van der Waals surface area contributed by atoms with Crippen LogP contribution in [0.5, 0.6) is 0 Å². The normalized spacial score (nSPS) is 19.6. The molecule has 0 radical (unpaired) electrons. The predicted molar refractivity (Wildman–Crippen MR) is 84.9 cm³/mol. The van der Waals surface area contributed by atoms with Crippen LogP contribution in [-0.2, 0) is 0 Å². The van der Waals surface area contributed by atoms with Gasteiger partial charge in [-0.15, -0.1) is 0 Å². The Morgan fingerprint density at radius 3 is 3.15 bits per heavy atom. The molecule has 3 rings (SSSR count). The van der Waals surface area contributed by atoms with E-state index in [1.807, 2.05) is 30.5 Å². The molecule has 4 nitrogen and oxygen atoms in total. The van der Waals surface area contributed by atoms with Crippen LogP contribution in [0.3, 0.4) is 0 Å². The number of likely N-dealkylation sites (N-methyl/N-ethyl adjacent to an activating group) is 1. The maximum absolute atomic E-state index is 6.01. The molecule has 0 amide bonds. The Bertz CT molecular complexity index is 596. The Morgan fingerprint density at radius 2 is 2.30 bits per heavy atom. The molecule has 0 aliphatic carbocycles. The summed E-state index contributed by atoms with van der Waals surface area (Å²) in [5, 5.41) is 4.59. The maximum Gasteiger partial charge on any atom is 0.0953 e. The average Bonchev–Trinajstić information content (AvgIpc) is 2.94. The van der Waals surface area contributed by atoms with E-state index in [9.17, 15) is 0 Å². The Labute approximate surface area is 120 Å². The van der Waals surface area contributed by atoms with Crippen LogP contribution in [0.1, 0.15) is 19.8 Å². The molecule has 20 heavy (non-hydrogen) atoms. The van der Waals surface area contributed by atoms with Crippen molar-refractivity contribution >= 4 is 22.3 Å². The van der Waals surface area contributed by atoms with E-state index in [4.69, 9.17) is 5.73 Å².